The fourth-order valence-corrected chi connectivity index (χ4v) is 3.98. The Morgan fingerprint density at radius 1 is 1.27 bits per heavy atom. The van der Waals surface area contributed by atoms with E-state index in [1.54, 1.807) is 6.92 Å². The van der Waals surface area contributed by atoms with E-state index >= 15 is 0 Å². The molecule has 0 amide bonds. The number of carbonyl (C=O) groups is 2. The summed E-state index contributed by atoms with van der Waals surface area (Å²) < 4.78 is 5.70. The molecule has 4 nitrogen and oxygen atoms in total. The molecule has 1 aliphatic heterocycles. The molecule has 0 saturated carbocycles. The molecule has 1 N–H and O–H groups in total. The molecule has 1 aromatic carbocycles. The lowest BCUT2D eigenvalue weighted by Gasteiger charge is -2.33. The number of aliphatic hydroxyl groups is 1. The third kappa shape index (κ3) is 1.61. The van der Waals surface area contributed by atoms with Gasteiger partial charge in [-0.3, -0.25) is 9.59 Å². The van der Waals surface area contributed by atoms with Crippen LogP contribution in [0.25, 0.3) is 5.76 Å². The van der Waals surface area contributed by atoms with E-state index in [9.17, 15) is 14.7 Å². The maximum atomic E-state index is 12.7. The highest BCUT2D eigenvalue weighted by Crippen LogP contribution is 2.44. The van der Waals surface area contributed by atoms with Gasteiger partial charge in [0.25, 0.3) is 0 Å². The van der Waals surface area contributed by atoms with Gasteiger partial charge < -0.3 is 9.84 Å². The lowest BCUT2D eigenvalue weighted by molar-refractivity contribution is -0.112. The van der Waals surface area contributed by atoms with Crippen molar-refractivity contribution < 1.29 is 19.4 Å². The first kappa shape index (κ1) is 13.7. The molecule has 4 heteroatoms. The number of fused-ring (bicyclic) bond motifs is 4. The van der Waals surface area contributed by atoms with Crippen LogP contribution in [-0.2, 0) is 21.6 Å². The van der Waals surface area contributed by atoms with E-state index < -0.39 is 17.2 Å². The van der Waals surface area contributed by atoms with Crippen LogP contribution in [0.1, 0.15) is 53.7 Å². The number of benzene rings is 1. The van der Waals surface area contributed by atoms with Gasteiger partial charge >= 0.3 is 0 Å². The molecule has 22 heavy (non-hydrogen) atoms. The zero-order valence-corrected chi connectivity index (χ0v) is 12.7. The molecule has 3 aliphatic rings. The van der Waals surface area contributed by atoms with Crippen LogP contribution >= 0.6 is 0 Å². The molecule has 1 aromatic rings. The summed E-state index contributed by atoms with van der Waals surface area (Å²) in [6.07, 6.45) is 2.19. The Balaban J connectivity index is 2.02. The van der Waals surface area contributed by atoms with Gasteiger partial charge in [0.1, 0.15) is 5.76 Å². The number of rotatable bonds is 0. The van der Waals surface area contributed by atoms with Crippen molar-refractivity contribution in [3.63, 3.8) is 0 Å². The minimum Gasteiger partial charge on any atom is -0.492 e. The van der Waals surface area contributed by atoms with Crippen molar-refractivity contribution in [2.75, 3.05) is 6.61 Å². The summed E-state index contributed by atoms with van der Waals surface area (Å²) in [5.74, 6) is -0.356. The average molecular weight is 298 g/mol. The van der Waals surface area contributed by atoms with Gasteiger partial charge in [0.2, 0.25) is 11.6 Å². The van der Waals surface area contributed by atoms with E-state index in [4.69, 9.17) is 4.74 Å². The SMILES string of the molecule is C[C@H]1COC2=C1C(=O)C(=O)c1c2ccc2c1CCC[C@]2(C)O. The van der Waals surface area contributed by atoms with Gasteiger partial charge in [-0.25, -0.2) is 0 Å². The quantitative estimate of drug-likeness (QED) is 0.747. The first-order valence-electron chi connectivity index (χ1n) is 7.77. The molecule has 114 valence electrons. The molecule has 0 aromatic heterocycles. The van der Waals surface area contributed by atoms with Crippen LogP contribution < -0.4 is 0 Å². The first-order valence-corrected chi connectivity index (χ1v) is 7.77. The van der Waals surface area contributed by atoms with Crippen LogP contribution in [0.3, 0.4) is 0 Å². The van der Waals surface area contributed by atoms with Crippen LogP contribution in [-0.4, -0.2) is 23.3 Å². The van der Waals surface area contributed by atoms with Crippen LogP contribution in [0.4, 0.5) is 0 Å². The van der Waals surface area contributed by atoms with Crippen molar-refractivity contribution in [1.82, 2.24) is 0 Å². The number of carbonyl (C=O) groups excluding carboxylic acids is 2. The Bertz CT molecular complexity index is 755. The van der Waals surface area contributed by atoms with Crippen molar-refractivity contribution in [2.24, 2.45) is 5.92 Å². The Morgan fingerprint density at radius 2 is 2.05 bits per heavy atom. The Kier molecular flexibility index (Phi) is 2.67. The van der Waals surface area contributed by atoms with E-state index in [-0.39, 0.29) is 5.92 Å². The monoisotopic (exact) mass is 298 g/mol. The van der Waals surface area contributed by atoms with E-state index in [0.29, 0.717) is 36.3 Å². The van der Waals surface area contributed by atoms with E-state index in [1.165, 1.54) is 0 Å². The predicted molar refractivity (Wildman–Crippen MR) is 80.3 cm³/mol. The Morgan fingerprint density at radius 3 is 2.82 bits per heavy atom. The molecular weight excluding hydrogens is 280 g/mol. The molecule has 0 spiro atoms. The number of Topliss-reactive ketones (excluding diaryl/α,β-unsaturated/α-hetero) is 2. The first-order chi connectivity index (χ1) is 10.4. The van der Waals surface area contributed by atoms with Crippen molar-refractivity contribution in [3.05, 3.63) is 40.0 Å². The van der Waals surface area contributed by atoms with Crippen LogP contribution in [0.15, 0.2) is 17.7 Å². The second kappa shape index (κ2) is 4.29. The predicted octanol–water partition coefficient (Wildman–Crippen LogP) is 2.37. The zero-order chi connectivity index (χ0) is 15.6. The average Bonchev–Trinajstić information content (AvgIpc) is 2.86. The van der Waals surface area contributed by atoms with Gasteiger partial charge in [-0.05, 0) is 37.3 Å². The fraction of sp³-hybridized carbons (Fsp3) is 0.444. The number of hydrogen-bond acceptors (Lipinski definition) is 4. The van der Waals surface area contributed by atoms with Gasteiger partial charge in [0, 0.05) is 17.0 Å². The van der Waals surface area contributed by atoms with Gasteiger partial charge in [-0.1, -0.05) is 19.1 Å². The fourth-order valence-electron chi connectivity index (χ4n) is 3.98. The van der Waals surface area contributed by atoms with Crippen molar-refractivity contribution in [1.29, 1.82) is 0 Å². The highest BCUT2D eigenvalue weighted by Gasteiger charge is 2.43. The van der Waals surface area contributed by atoms with Crippen LogP contribution in [0.2, 0.25) is 0 Å². The largest absolute Gasteiger partial charge is 0.492 e. The van der Waals surface area contributed by atoms with Gasteiger partial charge in [-0.2, -0.15) is 0 Å². The minimum atomic E-state index is -0.940. The molecule has 1 heterocycles. The lowest BCUT2D eigenvalue weighted by Crippen LogP contribution is -2.32. The molecule has 4 rings (SSSR count). The molecule has 2 atom stereocenters. The molecule has 0 bridgehead atoms. The summed E-state index contributed by atoms with van der Waals surface area (Å²) >= 11 is 0. The molecule has 0 fully saturated rings. The smallest absolute Gasteiger partial charge is 0.234 e. The summed E-state index contributed by atoms with van der Waals surface area (Å²) in [5, 5.41) is 10.6. The van der Waals surface area contributed by atoms with Gasteiger partial charge in [-0.15, -0.1) is 0 Å². The molecular formula is C18H18O4. The number of ketones is 2. The van der Waals surface area contributed by atoms with Crippen LogP contribution in [0, 0.1) is 5.92 Å². The zero-order valence-electron chi connectivity index (χ0n) is 12.7. The Hall–Kier alpha value is -1.94. The number of ether oxygens (including phenoxy) is 1. The molecule has 0 saturated heterocycles. The third-order valence-electron chi connectivity index (χ3n) is 5.12. The normalized spacial score (nSPS) is 29.9. The van der Waals surface area contributed by atoms with E-state index in [0.717, 1.165) is 23.1 Å². The van der Waals surface area contributed by atoms with Gasteiger partial charge in [0.05, 0.1) is 17.8 Å². The van der Waals surface area contributed by atoms with Gasteiger partial charge in [0.15, 0.2) is 0 Å². The molecule has 0 radical (unpaired) electrons. The standard InChI is InChI=1S/C18H18O4/c1-9-8-22-17-11-5-6-12-10(4-3-7-18(12,2)21)14(11)16(20)15(19)13(9)17/h5-6,9,21H,3-4,7-8H2,1-2H3/t9-,18-/m0/s1. The summed E-state index contributed by atoms with van der Waals surface area (Å²) in [6, 6.07) is 3.71. The Labute approximate surface area is 128 Å². The molecule has 2 aliphatic carbocycles. The van der Waals surface area contributed by atoms with Crippen LogP contribution in [0.5, 0.6) is 0 Å². The van der Waals surface area contributed by atoms with E-state index in [2.05, 4.69) is 0 Å². The third-order valence-corrected chi connectivity index (χ3v) is 5.12. The highest BCUT2D eigenvalue weighted by molar-refractivity contribution is 6.52. The number of hydrogen-bond donors (Lipinski definition) is 1. The summed E-state index contributed by atoms with van der Waals surface area (Å²) in [7, 11) is 0. The van der Waals surface area contributed by atoms with Crippen molar-refractivity contribution in [2.45, 2.75) is 38.7 Å². The maximum Gasteiger partial charge on any atom is 0.234 e. The second-order valence-corrected chi connectivity index (χ2v) is 6.75. The maximum absolute atomic E-state index is 12.7. The molecule has 0 unspecified atom stereocenters. The minimum absolute atomic E-state index is 0.0428. The second-order valence-electron chi connectivity index (χ2n) is 6.75. The summed E-state index contributed by atoms with van der Waals surface area (Å²) in [5.41, 5.74) is 2.34. The topological polar surface area (TPSA) is 63.6 Å². The highest BCUT2D eigenvalue weighted by atomic mass is 16.5. The lowest BCUT2D eigenvalue weighted by atomic mass is 9.73. The van der Waals surface area contributed by atoms with Crippen molar-refractivity contribution in [3.8, 4) is 0 Å². The summed E-state index contributed by atoms with van der Waals surface area (Å²) in [6.45, 7) is 4.12. The van der Waals surface area contributed by atoms with E-state index in [1.807, 2.05) is 19.1 Å². The summed E-state index contributed by atoms with van der Waals surface area (Å²) in [4.78, 5) is 25.1. The van der Waals surface area contributed by atoms with Crippen molar-refractivity contribution >= 4 is 17.3 Å².